The molecule has 0 saturated carbocycles. The summed E-state index contributed by atoms with van der Waals surface area (Å²) in [5.41, 5.74) is 4.88. The first kappa shape index (κ1) is 26.1. The van der Waals surface area contributed by atoms with Crippen LogP contribution in [0, 0.1) is 6.92 Å². The molecular formula is C27H29F3N2O3. The number of allylic oxidation sites excluding steroid dienone is 1. The fourth-order valence-electron chi connectivity index (χ4n) is 3.99. The third-order valence-corrected chi connectivity index (χ3v) is 5.97. The number of phenolic OH excluding ortho intramolecular Hbond substituents is 1. The highest BCUT2D eigenvalue weighted by Crippen LogP contribution is 2.34. The molecule has 0 aliphatic carbocycles. The molecule has 0 fully saturated rings. The van der Waals surface area contributed by atoms with E-state index in [0.29, 0.717) is 25.3 Å². The summed E-state index contributed by atoms with van der Waals surface area (Å²) in [6.45, 7) is 10.1. The molecule has 0 aliphatic rings. The highest BCUT2D eigenvalue weighted by molar-refractivity contribution is 5.68. The molecule has 0 spiro atoms. The molecule has 1 aromatic heterocycles. The Morgan fingerprint density at radius 2 is 1.77 bits per heavy atom. The highest BCUT2D eigenvalue weighted by Gasteiger charge is 2.31. The Morgan fingerprint density at radius 3 is 2.34 bits per heavy atom. The number of aryl methyl sites for hydroxylation is 3. The first-order valence-electron chi connectivity index (χ1n) is 11.3. The van der Waals surface area contributed by atoms with Gasteiger partial charge in [0.2, 0.25) is 0 Å². The molecule has 3 aromatic rings. The molecule has 2 N–H and O–H groups in total. The molecule has 186 valence electrons. The van der Waals surface area contributed by atoms with Crippen molar-refractivity contribution in [1.29, 1.82) is 0 Å². The van der Waals surface area contributed by atoms with Gasteiger partial charge >= 0.3 is 12.1 Å². The van der Waals surface area contributed by atoms with Gasteiger partial charge in [-0.1, -0.05) is 38.6 Å². The van der Waals surface area contributed by atoms with E-state index in [-0.39, 0.29) is 18.0 Å². The quantitative estimate of drug-likeness (QED) is 0.353. The van der Waals surface area contributed by atoms with Crippen LogP contribution in [0.3, 0.4) is 0 Å². The molecule has 0 bridgehead atoms. The molecule has 0 unspecified atom stereocenters. The molecule has 0 radical (unpaired) electrons. The minimum atomic E-state index is -4.54. The van der Waals surface area contributed by atoms with E-state index in [4.69, 9.17) is 5.11 Å². The van der Waals surface area contributed by atoms with Crippen molar-refractivity contribution >= 4 is 11.5 Å². The van der Waals surface area contributed by atoms with E-state index in [9.17, 15) is 23.1 Å². The smallest absolute Gasteiger partial charge is 0.416 e. The van der Waals surface area contributed by atoms with Gasteiger partial charge in [-0.15, -0.1) is 0 Å². The summed E-state index contributed by atoms with van der Waals surface area (Å²) in [6, 6.07) is 8.73. The van der Waals surface area contributed by atoms with Crippen molar-refractivity contribution < 1.29 is 28.2 Å². The lowest BCUT2D eigenvalue weighted by Gasteiger charge is -2.11. The average molecular weight is 487 g/mol. The van der Waals surface area contributed by atoms with E-state index in [0.717, 1.165) is 39.6 Å². The van der Waals surface area contributed by atoms with Crippen molar-refractivity contribution in [2.45, 2.75) is 58.5 Å². The van der Waals surface area contributed by atoms with Gasteiger partial charge in [0.1, 0.15) is 11.4 Å². The van der Waals surface area contributed by atoms with E-state index in [1.807, 2.05) is 39.0 Å². The van der Waals surface area contributed by atoms with Crippen molar-refractivity contribution in [3.8, 4) is 11.4 Å². The van der Waals surface area contributed by atoms with Crippen molar-refractivity contribution in [2.75, 3.05) is 0 Å². The Bertz CT molecular complexity index is 1240. The van der Waals surface area contributed by atoms with Gasteiger partial charge in [0.25, 0.3) is 0 Å². The molecular weight excluding hydrogens is 457 g/mol. The number of aromatic hydroxyl groups is 1. The molecule has 1 heterocycles. The SMILES string of the molecule is C=C(CCc1cn(-c2ccc(C(F)(F)F)cc2O)nc1C(C)C)c1ccc(CCC(=O)O)c(C)c1. The Hall–Kier alpha value is -3.55. The largest absolute Gasteiger partial charge is 0.506 e. The minimum absolute atomic E-state index is 0.0758. The van der Waals surface area contributed by atoms with Gasteiger partial charge in [0, 0.05) is 12.6 Å². The number of halogens is 3. The summed E-state index contributed by atoms with van der Waals surface area (Å²) in [4.78, 5) is 10.8. The summed E-state index contributed by atoms with van der Waals surface area (Å²) < 4.78 is 40.3. The van der Waals surface area contributed by atoms with E-state index in [2.05, 4.69) is 11.7 Å². The first-order chi connectivity index (χ1) is 16.4. The Morgan fingerprint density at radius 1 is 1.09 bits per heavy atom. The summed E-state index contributed by atoms with van der Waals surface area (Å²) >= 11 is 0. The second kappa shape index (κ2) is 10.4. The number of aliphatic carboxylic acids is 1. The van der Waals surface area contributed by atoms with Gasteiger partial charge in [-0.3, -0.25) is 4.79 Å². The van der Waals surface area contributed by atoms with E-state index in [1.165, 1.54) is 10.7 Å². The van der Waals surface area contributed by atoms with Crippen molar-refractivity contribution in [3.05, 3.63) is 82.7 Å². The number of phenols is 1. The molecule has 0 atom stereocenters. The Balaban J connectivity index is 1.78. The molecule has 8 heteroatoms. The predicted molar refractivity (Wildman–Crippen MR) is 129 cm³/mol. The van der Waals surface area contributed by atoms with Gasteiger partial charge in [0.05, 0.1) is 11.3 Å². The number of nitrogens with zero attached hydrogens (tertiary/aromatic N) is 2. The van der Waals surface area contributed by atoms with E-state index < -0.39 is 23.5 Å². The fourth-order valence-corrected chi connectivity index (χ4v) is 3.99. The number of hydrogen-bond donors (Lipinski definition) is 2. The molecule has 35 heavy (non-hydrogen) atoms. The lowest BCUT2D eigenvalue weighted by molar-refractivity contribution is -0.138. The number of rotatable bonds is 9. The third-order valence-electron chi connectivity index (χ3n) is 5.97. The zero-order valence-corrected chi connectivity index (χ0v) is 20.0. The number of benzene rings is 2. The maximum atomic E-state index is 12.9. The molecule has 2 aromatic carbocycles. The molecule has 5 nitrogen and oxygen atoms in total. The summed E-state index contributed by atoms with van der Waals surface area (Å²) in [5.74, 6) is -1.25. The molecule has 3 rings (SSSR count). The van der Waals surface area contributed by atoms with Crippen LogP contribution in [0.4, 0.5) is 13.2 Å². The summed E-state index contributed by atoms with van der Waals surface area (Å²) in [5, 5.41) is 23.7. The van der Waals surface area contributed by atoms with Crippen LogP contribution < -0.4 is 0 Å². The zero-order valence-electron chi connectivity index (χ0n) is 20.0. The van der Waals surface area contributed by atoms with Crippen LogP contribution in [0.25, 0.3) is 11.3 Å². The second-order valence-electron chi connectivity index (χ2n) is 8.98. The van der Waals surface area contributed by atoms with Crippen LogP contribution in [0.1, 0.15) is 66.1 Å². The second-order valence-corrected chi connectivity index (χ2v) is 8.98. The maximum Gasteiger partial charge on any atom is 0.416 e. The Kier molecular flexibility index (Phi) is 7.73. The molecule has 0 saturated heterocycles. The first-order valence-corrected chi connectivity index (χ1v) is 11.3. The summed E-state index contributed by atoms with van der Waals surface area (Å²) in [6.07, 6.45) is -0.988. The fraction of sp³-hybridized carbons (Fsp3) is 0.333. The van der Waals surface area contributed by atoms with E-state index in [1.54, 1.807) is 6.20 Å². The topological polar surface area (TPSA) is 75.3 Å². The van der Waals surface area contributed by atoms with Gasteiger partial charge in [-0.05, 0) is 78.1 Å². The van der Waals surface area contributed by atoms with Crippen LogP contribution >= 0.6 is 0 Å². The van der Waals surface area contributed by atoms with Gasteiger partial charge in [0.15, 0.2) is 0 Å². The zero-order chi connectivity index (χ0) is 25.9. The normalized spacial score (nSPS) is 11.7. The lowest BCUT2D eigenvalue weighted by Crippen LogP contribution is -2.05. The number of carbonyl (C=O) groups is 1. The molecule has 0 amide bonds. The predicted octanol–water partition coefficient (Wildman–Crippen LogP) is 6.69. The maximum absolute atomic E-state index is 12.9. The number of carboxylic acids is 1. The van der Waals surface area contributed by atoms with Crippen LogP contribution in [-0.4, -0.2) is 26.0 Å². The van der Waals surface area contributed by atoms with Crippen LogP contribution in [0.5, 0.6) is 5.75 Å². The highest BCUT2D eigenvalue weighted by atomic mass is 19.4. The monoisotopic (exact) mass is 486 g/mol. The van der Waals surface area contributed by atoms with E-state index >= 15 is 0 Å². The van der Waals surface area contributed by atoms with Gasteiger partial charge in [-0.25, -0.2) is 4.68 Å². The van der Waals surface area contributed by atoms with Crippen LogP contribution in [-0.2, 0) is 23.8 Å². The average Bonchev–Trinajstić information content (AvgIpc) is 3.20. The third kappa shape index (κ3) is 6.32. The van der Waals surface area contributed by atoms with Crippen molar-refractivity contribution in [2.24, 2.45) is 0 Å². The standard InChI is InChI=1S/C27H29F3N2O3/c1-16(2)26-21(15-32(31-26)23-11-10-22(14-24(23)33)27(28,29)30)6-5-17(3)20-8-7-19(18(4)13-20)9-12-25(34)35/h7-8,10-11,13-16,33H,3,5-6,9,12H2,1-2,4H3,(H,34,35). The lowest BCUT2D eigenvalue weighted by atomic mass is 9.94. The number of carboxylic acid groups (broad SMARTS) is 1. The van der Waals surface area contributed by atoms with Crippen LogP contribution in [0.15, 0.2) is 49.2 Å². The number of alkyl halides is 3. The van der Waals surface area contributed by atoms with Crippen molar-refractivity contribution in [3.63, 3.8) is 0 Å². The van der Waals surface area contributed by atoms with Gasteiger partial charge < -0.3 is 10.2 Å². The van der Waals surface area contributed by atoms with Crippen LogP contribution in [0.2, 0.25) is 0 Å². The summed E-state index contributed by atoms with van der Waals surface area (Å²) in [7, 11) is 0. The van der Waals surface area contributed by atoms with Gasteiger partial charge in [-0.2, -0.15) is 18.3 Å². The molecule has 0 aliphatic heterocycles. The Labute approximate surface area is 202 Å². The number of hydrogen-bond acceptors (Lipinski definition) is 3. The number of aromatic nitrogens is 2. The van der Waals surface area contributed by atoms with Crippen molar-refractivity contribution in [1.82, 2.24) is 9.78 Å². The minimum Gasteiger partial charge on any atom is -0.506 e.